The summed E-state index contributed by atoms with van der Waals surface area (Å²) in [6.07, 6.45) is 0. The zero-order valence-corrected chi connectivity index (χ0v) is 12.2. The molecule has 0 saturated heterocycles. The Hall–Kier alpha value is -1.79. The van der Waals surface area contributed by atoms with E-state index in [1.54, 1.807) is 18.2 Å². The van der Waals surface area contributed by atoms with E-state index in [1.807, 2.05) is 12.3 Å². The van der Waals surface area contributed by atoms with E-state index in [2.05, 4.69) is 4.98 Å². The van der Waals surface area contributed by atoms with Gasteiger partial charge < -0.3 is 4.98 Å². The van der Waals surface area contributed by atoms with Gasteiger partial charge in [0.2, 0.25) is 0 Å². The Morgan fingerprint density at radius 3 is 2.95 bits per heavy atom. The number of hydrogen-bond donors (Lipinski definition) is 1. The maximum Gasteiger partial charge on any atom is 0.263 e. The molecule has 1 N–H and O–H groups in total. The molecule has 2 heterocycles. The fourth-order valence-electron chi connectivity index (χ4n) is 2.22. The minimum Gasteiger partial charge on any atom is -0.323 e. The summed E-state index contributed by atoms with van der Waals surface area (Å²) < 4.78 is 15.2. The number of aromatic nitrogens is 2. The van der Waals surface area contributed by atoms with E-state index in [9.17, 15) is 9.18 Å². The molecule has 0 bridgehead atoms. The van der Waals surface area contributed by atoms with Gasteiger partial charge in [0, 0.05) is 0 Å². The number of rotatable bonds is 2. The number of nitrogens with one attached hydrogen (secondary N) is 1. The summed E-state index contributed by atoms with van der Waals surface area (Å²) in [4.78, 5) is 16.3. The van der Waals surface area contributed by atoms with Crippen molar-refractivity contribution in [2.75, 3.05) is 0 Å². The Kier molecular flexibility index (Phi) is 3.27. The summed E-state index contributed by atoms with van der Waals surface area (Å²) in [5.41, 5.74) is 0.558. The molecule has 0 aliphatic carbocycles. The Balaban J connectivity index is 2.24. The van der Waals surface area contributed by atoms with E-state index in [4.69, 9.17) is 12.2 Å². The maximum atomic E-state index is 13.3. The monoisotopic (exact) mass is 306 g/mol. The Labute approximate surface area is 123 Å². The van der Waals surface area contributed by atoms with Gasteiger partial charge in [0.25, 0.3) is 5.56 Å². The third-order valence-corrected chi connectivity index (χ3v) is 4.40. The molecule has 3 rings (SSSR count). The zero-order valence-electron chi connectivity index (χ0n) is 10.6. The first-order valence-electron chi connectivity index (χ1n) is 6.05. The van der Waals surface area contributed by atoms with Crippen molar-refractivity contribution in [1.82, 2.24) is 9.55 Å². The summed E-state index contributed by atoms with van der Waals surface area (Å²) in [5.74, 6) is -0.325. The van der Waals surface area contributed by atoms with Crippen LogP contribution in [0, 0.1) is 10.6 Å². The predicted octanol–water partition coefficient (Wildman–Crippen LogP) is 3.87. The molecule has 2 aromatic heterocycles. The fourth-order valence-corrected chi connectivity index (χ4v) is 3.41. The number of halogens is 1. The van der Waals surface area contributed by atoms with Crippen LogP contribution in [0.1, 0.15) is 18.5 Å². The third-order valence-electron chi connectivity index (χ3n) is 3.27. The van der Waals surface area contributed by atoms with Gasteiger partial charge in [-0.05, 0) is 48.3 Å². The van der Waals surface area contributed by atoms with Crippen LogP contribution in [0.5, 0.6) is 0 Å². The lowest BCUT2D eigenvalue weighted by Crippen LogP contribution is -2.25. The molecular formula is C14H11FN2OS2. The second-order valence-corrected chi connectivity index (χ2v) is 5.80. The number of nitrogens with zero attached hydrogens (tertiary/aromatic N) is 1. The van der Waals surface area contributed by atoms with E-state index in [-0.39, 0.29) is 17.4 Å². The van der Waals surface area contributed by atoms with Gasteiger partial charge in [-0.1, -0.05) is 12.1 Å². The molecule has 1 aromatic carbocycles. The lowest BCUT2D eigenvalue weighted by Gasteiger charge is -2.15. The largest absolute Gasteiger partial charge is 0.323 e. The van der Waals surface area contributed by atoms with Crippen LogP contribution in [0.3, 0.4) is 0 Å². The molecule has 20 heavy (non-hydrogen) atoms. The Morgan fingerprint density at radius 2 is 2.20 bits per heavy atom. The first-order chi connectivity index (χ1) is 9.58. The van der Waals surface area contributed by atoms with Crippen LogP contribution in [-0.2, 0) is 0 Å². The number of aromatic amines is 1. The molecule has 3 nitrogen and oxygen atoms in total. The molecule has 0 radical (unpaired) electrons. The minimum absolute atomic E-state index is 0.151. The van der Waals surface area contributed by atoms with E-state index in [1.165, 1.54) is 28.0 Å². The molecule has 6 heteroatoms. The van der Waals surface area contributed by atoms with Crippen LogP contribution >= 0.6 is 23.6 Å². The zero-order chi connectivity index (χ0) is 14.3. The maximum absolute atomic E-state index is 13.3. The Bertz CT molecular complexity index is 894. The molecule has 102 valence electrons. The highest BCUT2D eigenvalue weighted by Crippen LogP contribution is 2.20. The first-order valence-corrected chi connectivity index (χ1v) is 7.34. The van der Waals surface area contributed by atoms with E-state index < -0.39 is 0 Å². The van der Waals surface area contributed by atoms with E-state index >= 15 is 0 Å². The standard InChI is InChI=1S/C14H11FN2OS2/c1-8(9-3-2-4-10(15)7-9)17-13(18)11-5-6-20-12(11)16-14(17)19/h2-8H,1H3,(H,16,19). The third kappa shape index (κ3) is 2.10. The fraction of sp³-hybridized carbons (Fsp3) is 0.143. The molecule has 0 amide bonds. The van der Waals surface area contributed by atoms with Crippen molar-refractivity contribution in [3.8, 4) is 0 Å². The van der Waals surface area contributed by atoms with Gasteiger partial charge in [-0.3, -0.25) is 9.36 Å². The highest BCUT2D eigenvalue weighted by molar-refractivity contribution is 7.71. The van der Waals surface area contributed by atoms with Gasteiger partial charge in [0.05, 0.1) is 11.4 Å². The lowest BCUT2D eigenvalue weighted by atomic mass is 10.1. The molecule has 1 atom stereocenters. The van der Waals surface area contributed by atoms with Crippen LogP contribution in [0.15, 0.2) is 40.5 Å². The number of hydrogen-bond acceptors (Lipinski definition) is 3. The minimum atomic E-state index is -0.328. The topological polar surface area (TPSA) is 37.8 Å². The van der Waals surface area contributed by atoms with Crippen LogP contribution < -0.4 is 5.56 Å². The highest BCUT2D eigenvalue weighted by atomic mass is 32.1. The van der Waals surface area contributed by atoms with Crippen molar-refractivity contribution in [2.24, 2.45) is 0 Å². The van der Waals surface area contributed by atoms with Crippen LogP contribution in [0.2, 0.25) is 0 Å². The summed E-state index contributed by atoms with van der Waals surface area (Å²) in [7, 11) is 0. The summed E-state index contributed by atoms with van der Waals surface area (Å²) in [6.45, 7) is 1.83. The van der Waals surface area contributed by atoms with Crippen LogP contribution in [-0.4, -0.2) is 9.55 Å². The molecule has 0 aliphatic heterocycles. The normalized spacial score (nSPS) is 12.7. The average molecular weight is 306 g/mol. The first kappa shape index (κ1) is 13.2. The van der Waals surface area contributed by atoms with Crippen molar-refractivity contribution >= 4 is 33.8 Å². The molecule has 3 aromatic rings. The lowest BCUT2D eigenvalue weighted by molar-refractivity contribution is 0.584. The molecule has 0 spiro atoms. The quantitative estimate of drug-likeness (QED) is 0.730. The number of fused-ring (bicyclic) bond motifs is 1. The van der Waals surface area contributed by atoms with Crippen LogP contribution in [0.25, 0.3) is 10.2 Å². The van der Waals surface area contributed by atoms with Crippen molar-refractivity contribution in [2.45, 2.75) is 13.0 Å². The van der Waals surface area contributed by atoms with Crippen molar-refractivity contribution < 1.29 is 4.39 Å². The van der Waals surface area contributed by atoms with E-state index in [0.29, 0.717) is 15.7 Å². The number of thiophene rings is 1. The van der Waals surface area contributed by atoms with Crippen molar-refractivity contribution in [3.63, 3.8) is 0 Å². The second-order valence-electron chi connectivity index (χ2n) is 4.50. The van der Waals surface area contributed by atoms with Gasteiger partial charge in [0.15, 0.2) is 4.77 Å². The highest BCUT2D eigenvalue weighted by Gasteiger charge is 2.14. The molecule has 0 fully saturated rings. The van der Waals surface area contributed by atoms with Crippen molar-refractivity contribution in [3.05, 3.63) is 62.2 Å². The molecular weight excluding hydrogens is 295 g/mol. The number of benzene rings is 1. The molecule has 0 aliphatic rings. The van der Waals surface area contributed by atoms with Crippen LogP contribution in [0.4, 0.5) is 4.39 Å². The summed E-state index contributed by atoms with van der Waals surface area (Å²) in [5, 5.41) is 2.45. The predicted molar refractivity (Wildman–Crippen MR) is 81.5 cm³/mol. The smallest absolute Gasteiger partial charge is 0.263 e. The Morgan fingerprint density at radius 1 is 1.40 bits per heavy atom. The molecule has 1 unspecified atom stereocenters. The van der Waals surface area contributed by atoms with Gasteiger partial charge in [-0.2, -0.15) is 0 Å². The van der Waals surface area contributed by atoms with Gasteiger partial charge in [-0.25, -0.2) is 4.39 Å². The second kappa shape index (κ2) is 4.96. The van der Waals surface area contributed by atoms with E-state index in [0.717, 1.165) is 4.83 Å². The summed E-state index contributed by atoms with van der Waals surface area (Å²) >= 11 is 6.70. The summed E-state index contributed by atoms with van der Waals surface area (Å²) in [6, 6.07) is 7.65. The molecule has 0 saturated carbocycles. The average Bonchev–Trinajstić information content (AvgIpc) is 2.87. The van der Waals surface area contributed by atoms with Gasteiger partial charge >= 0.3 is 0 Å². The van der Waals surface area contributed by atoms with Gasteiger partial charge in [0.1, 0.15) is 10.6 Å². The van der Waals surface area contributed by atoms with Crippen molar-refractivity contribution in [1.29, 1.82) is 0 Å². The number of H-pyrrole nitrogens is 1. The van der Waals surface area contributed by atoms with Gasteiger partial charge in [-0.15, -0.1) is 11.3 Å². The SMILES string of the molecule is CC(c1cccc(F)c1)n1c(=S)[nH]c2sccc2c1=O.